The van der Waals surface area contributed by atoms with E-state index in [1.807, 2.05) is 0 Å². The first kappa shape index (κ1) is 25.6. The van der Waals surface area contributed by atoms with Gasteiger partial charge in [0.05, 0.1) is 5.60 Å². The molecule has 2 N–H and O–H groups in total. The molecule has 5 aliphatic rings. The maximum atomic E-state index is 13.0. The first-order valence-electron chi connectivity index (χ1n) is 13.9. The Morgan fingerprint density at radius 3 is 2.37 bits per heavy atom. The first-order valence-corrected chi connectivity index (χ1v) is 13.9. The molecule has 0 radical (unpaired) electrons. The average molecular weight is 487 g/mol. The van der Waals surface area contributed by atoms with Crippen molar-refractivity contribution in [3.05, 3.63) is 11.6 Å². The van der Waals surface area contributed by atoms with E-state index >= 15 is 0 Å². The lowest BCUT2D eigenvalue weighted by Crippen LogP contribution is -2.58. The zero-order chi connectivity index (χ0) is 25.8. The molecule has 5 nitrogen and oxygen atoms in total. The molecule has 1 saturated heterocycles. The van der Waals surface area contributed by atoms with E-state index < -0.39 is 18.0 Å². The van der Waals surface area contributed by atoms with Gasteiger partial charge in [-0.25, -0.2) is 0 Å². The van der Waals surface area contributed by atoms with Gasteiger partial charge in [0.1, 0.15) is 11.9 Å². The van der Waals surface area contributed by atoms with Gasteiger partial charge in [0.2, 0.25) is 0 Å². The maximum Gasteiger partial charge on any atom is 0.165 e. The number of hydrogen-bond donors (Lipinski definition) is 2. The summed E-state index contributed by atoms with van der Waals surface area (Å²) in [6, 6.07) is 0. The van der Waals surface area contributed by atoms with Crippen molar-refractivity contribution in [2.45, 2.75) is 118 Å². The third-order valence-corrected chi connectivity index (χ3v) is 12.2. The van der Waals surface area contributed by atoms with Crippen LogP contribution in [0.15, 0.2) is 11.6 Å². The van der Waals surface area contributed by atoms with Crippen LogP contribution in [0.5, 0.6) is 0 Å². The van der Waals surface area contributed by atoms with Crippen molar-refractivity contribution in [3.8, 4) is 0 Å². The van der Waals surface area contributed by atoms with Crippen molar-refractivity contribution in [3.63, 3.8) is 0 Å². The number of carbonyl (C=O) groups is 2. The second-order valence-corrected chi connectivity index (χ2v) is 14.5. The van der Waals surface area contributed by atoms with Crippen molar-refractivity contribution >= 4 is 11.6 Å². The summed E-state index contributed by atoms with van der Waals surface area (Å²) < 4.78 is 5.78. The Hall–Kier alpha value is -1.04. The summed E-state index contributed by atoms with van der Waals surface area (Å²) in [5.41, 5.74) is 0.169. The number of rotatable bonds is 2. The summed E-state index contributed by atoms with van der Waals surface area (Å²) in [7, 11) is 0. The molecule has 1 heterocycles. The number of allylic oxidation sites excluding steroid dienone is 2. The molecular weight excluding hydrogens is 440 g/mol. The molecule has 0 aromatic rings. The first-order chi connectivity index (χ1) is 16.1. The van der Waals surface area contributed by atoms with E-state index in [1.165, 1.54) is 0 Å². The van der Waals surface area contributed by atoms with Crippen LogP contribution in [0.3, 0.4) is 0 Å². The fourth-order valence-electron chi connectivity index (χ4n) is 9.90. The van der Waals surface area contributed by atoms with Crippen molar-refractivity contribution in [1.29, 1.82) is 0 Å². The molecule has 3 saturated carbocycles. The Morgan fingerprint density at radius 2 is 1.71 bits per heavy atom. The number of Topliss-reactive ketones (excluding diaryl/α,β-unsaturated/α-hetero) is 2. The largest absolute Gasteiger partial charge is 0.387 e. The highest BCUT2D eigenvalue weighted by molar-refractivity contribution is 5.86. The van der Waals surface area contributed by atoms with Crippen LogP contribution in [-0.4, -0.2) is 39.8 Å². The van der Waals surface area contributed by atoms with Crippen LogP contribution < -0.4 is 0 Å². The van der Waals surface area contributed by atoms with Crippen molar-refractivity contribution in [2.24, 2.45) is 45.3 Å². The van der Waals surface area contributed by atoms with Gasteiger partial charge in [-0.1, -0.05) is 46.3 Å². The highest BCUT2D eigenvalue weighted by Gasteiger charge is 2.66. The normalized spacial score (nSPS) is 49.7. The molecular formula is C30H46O5. The number of fused-ring (bicyclic) bond motifs is 5. The summed E-state index contributed by atoms with van der Waals surface area (Å²) in [6.07, 6.45) is 7.63. The van der Waals surface area contributed by atoms with Gasteiger partial charge in [-0.05, 0) is 86.4 Å². The van der Waals surface area contributed by atoms with Crippen LogP contribution in [0.1, 0.15) is 99.8 Å². The fraction of sp³-hybridized carbons (Fsp3) is 0.867. The fourth-order valence-corrected chi connectivity index (χ4v) is 9.90. The smallest absolute Gasteiger partial charge is 0.165 e. The Balaban J connectivity index is 1.46. The molecule has 196 valence electrons. The minimum absolute atomic E-state index is 0.0185. The minimum atomic E-state index is -1.30. The molecule has 5 rings (SSSR count). The van der Waals surface area contributed by atoms with Crippen LogP contribution in [-0.2, 0) is 14.3 Å². The topological polar surface area (TPSA) is 83.8 Å². The molecule has 0 bridgehead atoms. The Morgan fingerprint density at radius 1 is 1.03 bits per heavy atom. The van der Waals surface area contributed by atoms with E-state index in [9.17, 15) is 19.8 Å². The molecule has 0 aromatic heterocycles. The standard InChI is InChI=1S/C30H46O5/c1-26(2)22-9-8-20-19(28(22,5)13-12-23(26)32)11-15-29(6)18(10-14-30(20,29)7)17-16-21(31)24(27(3,4)34)35-25(17)33/h8,17-19,22,24-25,33-34H,9-16H2,1-7H3/t17-,18-,19-,22-,24?,25-,28+,29-,30+/m0/s1. The maximum absolute atomic E-state index is 13.0. The van der Waals surface area contributed by atoms with Gasteiger partial charge < -0.3 is 14.9 Å². The van der Waals surface area contributed by atoms with E-state index in [1.54, 1.807) is 19.4 Å². The predicted octanol–water partition coefficient (Wildman–Crippen LogP) is 5.22. The molecule has 0 aromatic carbocycles. The third-order valence-electron chi connectivity index (χ3n) is 12.2. The molecule has 0 spiro atoms. The lowest BCUT2D eigenvalue weighted by atomic mass is 9.41. The van der Waals surface area contributed by atoms with Crippen molar-refractivity contribution < 1.29 is 24.5 Å². The second-order valence-electron chi connectivity index (χ2n) is 14.5. The number of aliphatic hydroxyl groups excluding tert-OH is 1. The van der Waals surface area contributed by atoms with Crippen LogP contribution in [0.4, 0.5) is 0 Å². The van der Waals surface area contributed by atoms with Gasteiger partial charge >= 0.3 is 0 Å². The van der Waals surface area contributed by atoms with E-state index in [-0.39, 0.29) is 45.7 Å². The molecule has 9 atom stereocenters. The van der Waals surface area contributed by atoms with Crippen molar-refractivity contribution in [2.75, 3.05) is 0 Å². The lowest BCUT2D eigenvalue weighted by Gasteiger charge is -2.63. The van der Waals surface area contributed by atoms with Crippen LogP contribution >= 0.6 is 0 Å². The van der Waals surface area contributed by atoms with Gasteiger partial charge in [-0.15, -0.1) is 0 Å². The molecule has 4 aliphatic carbocycles. The number of ether oxygens (including phenoxy) is 1. The summed E-state index contributed by atoms with van der Waals surface area (Å²) in [4.78, 5) is 25.8. The number of hydrogen-bond acceptors (Lipinski definition) is 5. The summed E-state index contributed by atoms with van der Waals surface area (Å²) >= 11 is 0. The number of ketones is 2. The molecule has 0 amide bonds. The summed E-state index contributed by atoms with van der Waals surface area (Å²) in [6.45, 7) is 14.8. The highest BCUT2D eigenvalue weighted by atomic mass is 16.6. The molecule has 4 fully saturated rings. The molecule has 35 heavy (non-hydrogen) atoms. The second kappa shape index (κ2) is 7.74. The van der Waals surface area contributed by atoms with Crippen LogP contribution in [0.2, 0.25) is 0 Å². The van der Waals surface area contributed by atoms with Gasteiger partial charge in [0.15, 0.2) is 12.1 Å². The Kier molecular flexibility index (Phi) is 5.66. The zero-order valence-corrected chi connectivity index (χ0v) is 22.8. The minimum Gasteiger partial charge on any atom is -0.387 e. The summed E-state index contributed by atoms with van der Waals surface area (Å²) in [5.74, 6) is 1.18. The van der Waals surface area contributed by atoms with E-state index in [4.69, 9.17) is 4.74 Å². The number of carbonyl (C=O) groups excluding carboxylic acids is 2. The van der Waals surface area contributed by atoms with Gasteiger partial charge in [-0.2, -0.15) is 0 Å². The van der Waals surface area contributed by atoms with Gasteiger partial charge in [-0.3, -0.25) is 9.59 Å². The third kappa shape index (κ3) is 3.36. The highest BCUT2D eigenvalue weighted by Crippen LogP contribution is 2.73. The lowest BCUT2D eigenvalue weighted by molar-refractivity contribution is -0.238. The van der Waals surface area contributed by atoms with E-state index in [0.29, 0.717) is 24.0 Å². The molecule has 1 unspecified atom stereocenters. The summed E-state index contributed by atoms with van der Waals surface area (Å²) in [5, 5.41) is 21.4. The predicted molar refractivity (Wildman–Crippen MR) is 134 cm³/mol. The number of aliphatic hydroxyl groups is 2. The average Bonchev–Trinajstić information content (AvgIpc) is 3.03. The van der Waals surface area contributed by atoms with Crippen LogP contribution in [0, 0.1) is 45.3 Å². The molecule has 5 heteroatoms. The van der Waals surface area contributed by atoms with E-state index in [2.05, 4.69) is 40.7 Å². The van der Waals surface area contributed by atoms with Gasteiger partial charge in [0.25, 0.3) is 0 Å². The Labute approximate surface area is 211 Å². The van der Waals surface area contributed by atoms with E-state index in [0.717, 1.165) is 38.5 Å². The quantitative estimate of drug-likeness (QED) is 0.523. The zero-order valence-electron chi connectivity index (χ0n) is 22.8. The van der Waals surface area contributed by atoms with Crippen molar-refractivity contribution in [1.82, 2.24) is 0 Å². The Bertz CT molecular complexity index is 958. The SMILES string of the molecule is CC(C)(O)C1O[C@H](O)[C@H]([C@@H]2CC[C@]3(C)C4=CC[C@H]5C(C)(C)C(=O)CC[C@]5(C)[C@H]4CC[C@@]23C)CC1=O. The molecule has 1 aliphatic heterocycles. The van der Waals surface area contributed by atoms with Crippen LogP contribution in [0.25, 0.3) is 0 Å². The van der Waals surface area contributed by atoms with Gasteiger partial charge in [0, 0.05) is 24.2 Å². The monoisotopic (exact) mass is 486 g/mol.